The second kappa shape index (κ2) is 5.77. The third kappa shape index (κ3) is 2.70. The number of aromatic amines is 1. The second-order valence-corrected chi connectivity index (χ2v) is 6.05. The number of aromatic nitrogens is 2. The molecule has 1 unspecified atom stereocenters. The molecule has 1 saturated heterocycles. The van der Waals surface area contributed by atoms with Gasteiger partial charge in [-0.25, -0.2) is 4.98 Å². The van der Waals surface area contributed by atoms with Crippen molar-refractivity contribution in [1.29, 1.82) is 0 Å². The lowest BCUT2D eigenvalue weighted by molar-refractivity contribution is -0.145. The van der Waals surface area contributed by atoms with E-state index in [0.717, 1.165) is 31.5 Å². The molecule has 2 aliphatic rings. The maximum atomic E-state index is 12.7. The highest BCUT2D eigenvalue weighted by Gasteiger charge is 2.44. The minimum Gasteiger partial charge on any atom is -0.380 e. The van der Waals surface area contributed by atoms with Crippen molar-refractivity contribution >= 4 is 5.91 Å². The Balaban J connectivity index is 1.73. The lowest BCUT2D eigenvalue weighted by atomic mass is 9.77. The molecule has 6 nitrogen and oxygen atoms in total. The Bertz CT molecular complexity index is 479. The van der Waals surface area contributed by atoms with Crippen molar-refractivity contribution < 1.29 is 14.3 Å². The van der Waals surface area contributed by atoms with Crippen molar-refractivity contribution in [3.63, 3.8) is 0 Å². The molecule has 1 saturated carbocycles. The first kappa shape index (κ1) is 14.5. The third-order valence-corrected chi connectivity index (χ3v) is 4.92. The van der Waals surface area contributed by atoms with Gasteiger partial charge in [0.25, 0.3) is 0 Å². The molecule has 3 rings (SSSR count). The van der Waals surface area contributed by atoms with Crippen LogP contribution in [-0.2, 0) is 14.3 Å². The molecule has 21 heavy (non-hydrogen) atoms. The topological polar surface area (TPSA) is 67.5 Å². The van der Waals surface area contributed by atoms with Gasteiger partial charge in [-0.2, -0.15) is 0 Å². The molecule has 0 aromatic carbocycles. The summed E-state index contributed by atoms with van der Waals surface area (Å²) in [5.74, 6) is 0.973. The molecule has 0 bridgehead atoms. The SMILES string of the molecule is CO[C@@H]1CC(c2ncc[nH]2)N(C(=O)CC2(OC)CCC2)C1. The van der Waals surface area contributed by atoms with Crippen molar-refractivity contribution in [3.05, 3.63) is 18.2 Å². The van der Waals surface area contributed by atoms with Crippen molar-refractivity contribution in [2.75, 3.05) is 20.8 Å². The van der Waals surface area contributed by atoms with Gasteiger partial charge in [0.1, 0.15) is 5.82 Å². The predicted molar refractivity (Wildman–Crippen MR) is 76.7 cm³/mol. The normalized spacial score (nSPS) is 27.6. The fourth-order valence-corrected chi connectivity index (χ4v) is 3.36. The highest BCUT2D eigenvalue weighted by Crippen LogP contribution is 2.40. The average molecular weight is 293 g/mol. The van der Waals surface area contributed by atoms with E-state index in [1.54, 1.807) is 26.6 Å². The molecule has 2 fully saturated rings. The van der Waals surface area contributed by atoms with Crippen LogP contribution in [0, 0.1) is 0 Å². The molecule has 1 aromatic rings. The first-order valence-electron chi connectivity index (χ1n) is 7.54. The summed E-state index contributed by atoms with van der Waals surface area (Å²) in [6.07, 6.45) is 7.92. The van der Waals surface area contributed by atoms with E-state index < -0.39 is 0 Å². The Morgan fingerprint density at radius 2 is 2.33 bits per heavy atom. The van der Waals surface area contributed by atoms with Gasteiger partial charge >= 0.3 is 0 Å². The van der Waals surface area contributed by atoms with Gasteiger partial charge in [-0.15, -0.1) is 0 Å². The maximum Gasteiger partial charge on any atom is 0.226 e. The summed E-state index contributed by atoms with van der Waals surface area (Å²) in [5, 5.41) is 0. The van der Waals surface area contributed by atoms with E-state index in [0.29, 0.717) is 13.0 Å². The molecule has 1 aromatic heterocycles. The predicted octanol–water partition coefficient (Wildman–Crippen LogP) is 1.66. The number of rotatable bonds is 5. The maximum absolute atomic E-state index is 12.7. The molecule has 1 aliphatic carbocycles. The Morgan fingerprint density at radius 3 is 2.86 bits per heavy atom. The lowest BCUT2D eigenvalue weighted by Gasteiger charge is -2.41. The first-order chi connectivity index (χ1) is 10.2. The number of likely N-dealkylation sites (tertiary alicyclic amines) is 1. The molecular weight excluding hydrogens is 270 g/mol. The zero-order valence-corrected chi connectivity index (χ0v) is 12.7. The number of methoxy groups -OCH3 is 2. The number of amides is 1. The van der Waals surface area contributed by atoms with Gasteiger partial charge in [0, 0.05) is 39.6 Å². The van der Waals surface area contributed by atoms with Gasteiger partial charge in [-0.1, -0.05) is 0 Å². The van der Waals surface area contributed by atoms with Crippen LogP contribution in [0.4, 0.5) is 0 Å². The van der Waals surface area contributed by atoms with E-state index in [2.05, 4.69) is 9.97 Å². The van der Waals surface area contributed by atoms with Gasteiger partial charge in [0.05, 0.1) is 24.2 Å². The van der Waals surface area contributed by atoms with E-state index in [4.69, 9.17) is 9.47 Å². The van der Waals surface area contributed by atoms with E-state index in [1.165, 1.54) is 0 Å². The Morgan fingerprint density at radius 1 is 1.52 bits per heavy atom. The van der Waals surface area contributed by atoms with Crippen LogP contribution in [0.1, 0.15) is 44.0 Å². The zero-order chi connectivity index (χ0) is 14.9. The molecule has 1 N–H and O–H groups in total. The average Bonchev–Trinajstić information content (AvgIpc) is 3.10. The summed E-state index contributed by atoms with van der Waals surface area (Å²) in [7, 11) is 3.40. The largest absolute Gasteiger partial charge is 0.380 e. The van der Waals surface area contributed by atoms with E-state index >= 15 is 0 Å². The van der Waals surface area contributed by atoms with E-state index in [1.807, 2.05) is 4.90 Å². The fourth-order valence-electron chi connectivity index (χ4n) is 3.36. The van der Waals surface area contributed by atoms with E-state index in [-0.39, 0.29) is 23.7 Å². The molecule has 1 aliphatic heterocycles. The zero-order valence-electron chi connectivity index (χ0n) is 12.7. The summed E-state index contributed by atoms with van der Waals surface area (Å²) in [5.41, 5.74) is -0.240. The smallest absolute Gasteiger partial charge is 0.226 e. The van der Waals surface area contributed by atoms with Gasteiger partial charge in [0.2, 0.25) is 5.91 Å². The number of carbonyl (C=O) groups excluding carboxylic acids is 1. The molecule has 0 radical (unpaired) electrons. The van der Waals surface area contributed by atoms with Gasteiger partial charge in [0.15, 0.2) is 0 Å². The van der Waals surface area contributed by atoms with Crippen LogP contribution >= 0.6 is 0 Å². The van der Waals surface area contributed by atoms with Crippen molar-refractivity contribution in [3.8, 4) is 0 Å². The highest BCUT2D eigenvalue weighted by atomic mass is 16.5. The number of hydrogen-bond donors (Lipinski definition) is 1. The fraction of sp³-hybridized carbons (Fsp3) is 0.733. The van der Waals surface area contributed by atoms with Gasteiger partial charge < -0.3 is 19.4 Å². The first-order valence-corrected chi connectivity index (χ1v) is 7.54. The third-order valence-electron chi connectivity index (χ3n) is 4.92. The summed E-state index contributed by atoms with van der Waals surface area (Å²) in [6.45, 7) is 0.625. The molecule has 2 heterocycles. The van der Waals surface area contributed by atoms with Crippen LogP contribution in [0.3, 0.4) is 0 Å². The number of carbonyl (C=O) groups is 1. The number of imidazole rings is 1. The van der Waals surface area contributed by atoms with Crippen LogP contribution in [0.25, 0.3) is 0 Å². The Labute approximate surface area is 124 Å². The molecule has 0 spiro atoms. The van der Waals surface area contributed by atoms with Gasteiger partial charge in [-0.3, -0.25) is 4.79 Å². The highest BCUT2D eigenvalue weighted by molar-refractivity contribution is 5.78. The van der Waals surface area contributed by atoms with Crippen molar-refractivity contribution in [2.45, 2.75) is 49.9 Å². The molecule has 6 heteroatoms. The summed E-state index contributed by atoms with van der Waals surface area (Å²) >= 11 is 0. The van der Waals surface area contributed by atoms with E-state index in [9.17, 15) is 4.79 Å². The molecule has 116 valence electrons. The number of hydrogen-bond acceptors (Lipinski definition) is 4. The minimum atomic E-state index is -0.240. The number of nitrogens with one attached hydrogen (secondary N) is 1. The van der Waals surface area contributed by atoms with Crippen molar-refractivity contribution in [1.82, 2.24) is 14.9 Å². The Hall–Kier alpha value is -1.40. The van der Waals surface area contributed by atoms with Crippen molar-refractivity contribution in [2.24, 2.45) is 0 Å². The minimum absolute atomic E-state index is 0.0218. The quantitative estimate of drug-likeness (QED) is 0.896. The van der Waals surface area contributed by atoms with Crippen LogP contribution in [0.15, 0.2) is 12.4 Å². The van der Waals surface area contributed by atoms with Crippen LogP contribution in [0.5, 0.6) is 0 Å². The number of nitrogens with zero attached hydrogens (tertiary/aromatic N) is 2. The second-order valence-electron chi connectivity index (χ2n) is 6.05. The number of H-pyrrole nitrogens is 1. The summed E-state index contributed by atoms with van der Waals surface area (Å²) in [6, 6.07) is -0.0218. The van der Waals surface area contributed by atoms with Crippen LogP contribution in [0.2, 0.25) is 0 Å². The standard InChI is InChI=1S/C15H23N3O3/c1-20-11-8-12(14-16-6-7-17-14)18(10-11)13(19)9-15(21-2)4-3-5-15/h6-7,11-12H,3-5,8-10H2,1-2H3,(H,16,17)/t11-,12?/m1/s1. The monoisotopic (exact) mass is 293 g/mol. The lowest BCUT2D eigenvalue weighted by Crippen LogP contribution is -2.45. The van der Waals surface area contributed by atoms with Crippen LogP contribution in [-0.4, -0.2) is 53.2 Å². The molecular formula is C15H23N3O3. The summed E-state index contributed by atoms with van der Waals surface area (Å²) < 4.78 is 11.0. The Kier molecular flexibility index (Phi) is 3.99. The summed E-state index contributed by atoms with van der Waals surface area (Å²) in [4.78, 5) is 22.1. The van der Waals surface area contributed by atoms with Crippen LogP contribution < -0.4 is 0 Å². The van der Waals surface area contributed by atoms with Gasteiger partial charge in [-0.05, 0) is 19.3 Å². The molecule has 1 amide bonds. The number of ether oxygens (including phenoxy) is 2. The molecule has 2 atom stereocenters.